The SMILES string of the molecule is COCCCCNC(=O)c1ccnc(NN)c1. The highest BCUT2D eigenvalue weighted by Gasteiger charge is 2.05. The van der Waals surface area contributed by atoms with Crippen molar-refractivity contribution in [3.8, 4) is 0 Å². The highest BCUT2D eigenvalue weighted by molar-refractivity contribution is 5.94. The summed E-state index contributed by atoms with van der Waals surface area (Å²) < 4.78 is 4.92. The Hall–Kier alpha value is -1.66. The van der Waals surface area contributed by atoms with Gasteiger partial charge in [0, 0.05) is 32.0 Å². The fourth-order valence-corrected chi connectivity index (χ4v) is 1.33. The van der Waals surface area contributed by atoms with Crippen molar-refractivity contribution in [2.24, 2.45) is 5.84 Å². The molecule has 6 nitrogen and oxygen atoms in total. The van der Waals surface area contributed by atoms with E-state index in [1.54, 1.807) is 19.2 Å². The number of hydrogen-bond donors (Lipinski definition) is 3. The van der Waals surface area contributed by atoms with Crippen LogP contribution in [-0.2, 0) is 4.74 Å². The molecule has 0 aliphatic heterocycles. The number of amides is 1. The Balaban J connectivity index is 2.36. The molecular weight excluding hydrogens is 220 g/mol. The smallest absolute Gasteiger partial charge is 0.251 e. The number of nitrogen functional groups attached to an aromatic ring is 1. The van der Waals surface area contributed by atoms with Crippen LogP contribution in [0.5, 0.6) is 0 Å². The van der Waals surface area contributed by atoms with Crippen LogP contribution in [0, 0.1) is 0 Å². The number of aromatic nitrogens is 1. The lowest BCUT2D eigenvalue weighted by Gasteiger charge is -2.06. The number of methoxy groups -OCH3 is 1. The van der Waals surface area contributed by atoms with E-state index >= 15 is 0 Å². The number of unbranched alkanes of at least 4 members (excludes halogenated alkanes) is 1. The minimum Gasteiger partial charge on any atom is -0.385 e. The number of anilines is 1. The molecule has 1 amide bonds. The van der Waals surface area contributed by atoms with E-state index in [1.165, 1.54) is 6.20 Å². The van der Waals surface area contributed by atoms with E-state index in [0.717, 1.165) is 12.8 Å². The van der Waals surface area contributed by atoms with Crippen molar-refractivity contribution < 1.29 is 9.53 Å². The quantitative estimate of drug-likeness (QED) is 0.366. The van der Waals surface area contributed by atoms with Gasteiger partial charge in [0.2, 0.25) is 0 Å². The summed E-state index contributed by atoms with van der Waals surface area (Å²) in [5.41, 5.74) is 2.94. The van der Waals surface area contributed by atoms with E-state index in [-0.39, 0.29) is 5.91 Å². The standard InChI is InChI=1S/C11H18N4O2/c1-17-7-3-2-5-14-11(16)9-4-6-13-10(8-9)15-12/h4,6,8H,2-3,5,7,12H2,1H3,(H,13,15)(H,14,16). The van der Waals surface area contributed by atoms with Crippen molar-refractivity contribution in [3.63, 3.8) is 0 Å². The maximum atomic E-state index is 11.7. The fourth-order valence-electron chi connectivity index (χ4n) is 1.33. The molecule has 0 radical (unpaired) electrons. The first-order valence-corrected chi connectivity index (χ1v) is 5.47. The molecule has 17 heavy (non-hydrogen) atoms. The lowest BCUT2D eigenvalue weighted by molar-refractivity contribution is 0.0951. The van der Waals surface area contributed by atoms with Gasteiger partial charge in [0.15, 0.2) is 0 Å². The van der Waals surface area contributed by atoms with Gasteiger partial charge in [-0.25, -0.2) is 10.8 Å². The highest BCUT2D eigenvalue weighted by atomic mass is 16.5. The molecule has 0 spiro atoms. The molecule has 0 saturated carbocycles. The van der Waals surface area contributed by atoms with Crippen molar-refractivity contribution in [1.29, 1.82) is 0 Å². The second kappa shape index (κ2) is 7.59. The average Bonchev–Trinajstić information content (AvgIpc) is 2.38. The third-order valence-electron chi connectivity index (χ3n) is 2.23. The van der Waals surface area contributed by atoms with Gasteiger partial charge in [0.1, 0.15) is 5.82 Å². The van der Waals surface area contributed by atoms with Crippen molar-refractivity contribution in [2.75, 3.05) is 25.7 Å². The van der Waals surface area contributed by atoms with Gasteiger partial charge in [0.25, 0.3) is 5.91 Å². The van der Waals surface area contributed by atoms with Gasteiger partial charge < -0.3 is 15.5 Å². The van der Waals surface area contributed by atoms with E-state index in [2.05, 4.69) is 15.7 Å². The van der Waals surface area contributed by atoms with E-state index in [4.69, 9.17) is 10.6 Å². The summed E-state index contributed by atoms with van der Waals surface area (Å²) in [6.45, 7) is 1.35. The first kappa shape index (κ1) is 13.4. The molecule has 1 rings (SSSR count). The molecule has 0 aromatic carbocycles. The molecule has 4 N–H and O–H groups in total. The Bertz CT molecular complexity index is 357. The van der Waals surface area contributed by atoms with Crippen LogP contribution in [0.4, 0.5) is 5.82 Å². The molecule has 1 aromatic rings. The van der Waals surface area contributed by atoms with Crippen LogP contribution in [0.3, 0.4) is 0 Å². The Labute approximate surface area is 101 Å². The van der Waals surface area contributed by atoms with Crippen molar-refractivity contribution in [3.05, 3.63) is 23.9 Å². The van der Waals surface area contributed by atoms with Crippen molar-refractivity contribution in [2.45, 2.75) is 12.8 Å². The number of rotatable bonds is 7. The van der Waals surface area contributed by atoms with Gasteiger partial charge in [-0.1, -0.05) is 0 Å². The molecular formula is C11H18N4O2. The normalized spacial score (nSPS) is 10.0. The minimum absolute atomic E-state index is 0.124. The first-order valence-electron chi connectivity index (χ1n) is 5.47. The van der Waals surface area contributed by atoms with Crippen LogP contribution in [-0.4, -0.2) is 31.2 Å². The van der Waals surface area contributed by atoms with Gasteiger partial charge in [-0.3, -0.25) is 4.79 Å². The topological polar surface area (TPSA) is 89.3 Å². The number of pyridine rings is 1. The highest BCUT2D eigenvalue weighted by Crippen LogP contribution is 2.04. The second-order valence-corrected chi connectivity index (χ2v) is 3.53. The van der Waals surface area contributed by atoms with Crippen LogP contribution in [0.25, 0.3) is 0 Å². The molecule has 0 aliphatic rings. The van der Waals surface area contributed by atoms with Crippen molar-refractivity contribution in [1.82, 2.24) is 10.3 Å². The van der Waals surface area contributed by atoms with Gasteiger partial charge in [0.05, 0.1) is 0 Å². The first-order chi connectivity index (χ1) is 8.27. The van der Waals surface area contributed by atoms with Gasteiger partial charge >= 0.3 is 0 Å². The Kier molecular flexibility index (Phi) is 5.98. The Morgan fingerprint density at radius 3 is 3.06 bits per heavy atom. The number of carbonyl (C=O) groups is 1. The number of carbonyl (C=O) groups excluding carboxylic acids is 1. The number of hydrazine groups is 1. The molecule has 0 unspecified atom stereocenters. The van der Waals surface area contributed by atoms with Crippen LogP contribution in [0.2, 0.25) is 0 Å². The Morgan fingerprint density at radius 1 is 1.53 bits per heavy atom. The molecule has 0 atom stereocenters. The van der Waals surface area contributed by atoms with Crippen LogP contribution in [0.15, 0.2) is 18.3 Å². The number of hydrogen-bond acceptors (Lipinski definition) is 5. The maximum absolute atomic E-state index is 11.7. The van der Waals surface area contributed by atoms with Gasteiger partial charge in [-0.2, -0.15) is 0 Å². The van der Waals surface area contributed by atoms with E-state index < -0.39 is 0 Å². The predicted molar refractivity (Wildman–Crippen MR) is 65.5 cm³/mol. The van der Waals surface area contributed by atoms with Gasteiger partial charge in [-0.05, 0) is 25.0 Å². The number of ether oxygens (including phenoxy) is 1. The minimum atomic E-state index is -0.124. The summed E-state index contributed by atoms with van der Waals surface area (Å²) in [6.07, 6.45) is 3.37. The molecule has 0 fully saturated rings. The summed E-state index contributed by atoms with van der Waals surface area (Å²) in [5.74, 6) is 5.56. The predicted octanol–water partition coefficient (Wildman–Crippen LogP) is 0.524. The van der Waals surface area contributed by atoms with E-state index in [0.29, 0.717) is 24.5 Å². The zero-order valence-electron chi connectivity index (χ0n) is 9.90. The third-order valence-corrected chi connectivity index (χ3v) is 2.23. The second-order valence-electron chi connectivity index (χ2n) is 3.53. The summed E-state index contributed by atoms with van der Waals surface area (Å²) in [4.78, 5) is 15.6. The molecule has 1 aromatic heterocycles. The lowest BCUT2D eigenvalue weighted by atomic mass is 10.2. The molecule has 0 bridgehead atoms. The number of nitrogens with two attached hydrogens (primary N) is 1. The summed E-state index contributed by atoms with van der Waals surface area (Å²) in [6, 6.07) is 3.25. The van der Waals surface area contributed by atoms with E-state index in [1.807, 2.05) is 0 Å². The van der Waals surface area contributed by atoms with E-state index in [9.17, 15) is 4.79 Å². The fraction of sp³-hybridized carbons (Fsp3) is 0.455. The molecule has 1 heterocycles. The molecule has 0 saturated heterocycles. The van der Waals surface area contributed by atoms with Gasteiger partial charge in [-0.15, -0.1) is 0 Å². The molecule has 0 aliphatic carbocycles. The number of nitrogens with one attached hydrogen (secondary N) is 2. The molecule has 6 heteroatoms. The number of nitrogens with zero attached hydrogens (tertiary/aromatic N) is 1. The van der Waals surface area contributed by atoms with Crippen LogP contribution < -0.4 is 16.6 Å². The summed E-state index contributed by atoms with van der Waals surface area (Å²) in [5, 5.41) is 2.82. The largest absolute Gasteiger partial charge is 0.385 e. The zero-order chi connectivity index (χ0) is 12.5. The Morgan fingerprint density at radius 2 is 2.35 bits per heavy atom. The van der Waals surface area contributed by atoms with Crippen LogP contribution >= 0.6 is 0 Å². The maximum Gasteiger partial charge on any atom is 0.251 e. The third kappa shape index (κ3) is 4.80. The average molecular weight is 238 g/mol. The summed E-state index contributed by atoms with van der Waals surface area (Å²) in [7, 11) is 1.66. The summed E-state index contributed by atoms with van der Waals surface area (Å²) >= 11 is 0. The monoisotopic (exact) mass is 238 g/mol. The zero-order valence-corrected chi connectivity index (χ0v) is 9.90. The lowest BCUT2D eigenvalue weighted by Crippen LogP contribution is -2.25. The molecule has 94 valence electrons. The van der Waals surface area contributed by atoms with Crippen LogP contribution in [0.1, 0.15) is 23.2 Å². The van der Waals surface area contributed by atoms with Crippen molar-refractivity contribution >= 4 is 11.7 Å².